The lowest BCUT2D eigenvalue weighted by Crippen LogP contribution is -2.11. The molecule has 150 valence electrons. The van der Waals surface area contributed by atoms with E-state index in [2.05, 4.69) is 10.3 Å². The Labute approximate surface area is 166 Å². The highest BCUT2D eigenvalue weighted by Crippen LogP contribution is 2.17. The molecule has 0 saturated carbocycles. The molecule has 0 saturated heterocycles. The fourth-order valence-electron chi connectivity index (χ4n) is 2.78. The fourth-order valence-corrected chi connectivity index (χ4v) is 2.78. The van der Waals surface area contributed by atoms with Crippen molar-refractivity contribution in [3.8, 4) is 11.5 Å². The van der Waals surface area contributed by atoms with Gasteiger partial charge in [0.2, 0.25) is 0 Å². The van der Waals surface area contributed by atoms with Gasteiger partial charge in [0.15, 0.2) is 0 Å². The van der Waals surface area contributed by atoms with Crippen molar-refractivity contribution in [1.29, 1.82) is 0 Å². The van der Waals surface area contributed by atoms with Gasteiger partial charge in [-0.1, -0.05) is 38.0 Å². The fraction of sp³-hybridized carbons (Fsp3) is 0.364. The summed E-state index contributed by atoms with van der Waals surface area (Å²) in [7, 11) is 0. The van der Waals surface area contributed by atoms with Crippen LogP contribution in [0.15, 0.2) is 58.8 Å². The van der Waals surface area contributed by atoms with E-state index in [1.165, 1.54) is 0 Å². The van der Waals surface area contributed by atoms with Crippen molar-refractivity contribution in [2.75, 3.05) is 13.2 Å². The van der Waals surface area contributed by atoms with E-state index < -0.39 is 0 Å². The van der Waals surface area contributed by atoms with Crippen LogP contribution in [0.5, 0.6) is 11.5 Å². The lowest BCUT2D eigenvalue weighted by Gasteiger charge is -2.11. The maximum atomic E-state index is 9.11. The average molecular weight is 384 g/mol. The Bertz CT molecular complexity index is 725. The summed E-state index contributed by atoms with van der Waals surface area (Å²) in [4.78, 5) is 0. The van der Waals surface area contributed by atoms with Gasteiger partial charge in [0.05, 0.1) is 11.4 Å². The average Bonchev–Trinajstić information content (AvgIpc) is 2.68. The van der Waals surface area contributed by atoms with Crippen LogP contribution >= 0.6 is 0 Å². The monoisotopic (exact) mass is 384 g/mol. The molecule has 0 aliphatic carbocycles. The van der Waals surface area contributed by atoms with Crippen molar-refractivity contribution in [3.63, 3.8) is 0 Å². The van der Waals surface area contributed by atoms with Crippen LogP contribution in [0.1, 0.15) is 38.8 Å². The van der Waals surface area contributed by atoms with Gasteiger partial charge in [-0.15, -0.1) is 0 Å². The molecule has 2 aromatic carbocycles. The van der Waals surface area contributed by atoms with Crippen molar-refractivity contribution < 1.29 is 19.9 Å². The second kappa shape index (κ2) is 10.3. The summed E-state index contributed by atoms with van der Waals surface area (Å²) in [5, 5.41) is 24.9. The van der Waals surface area contributed by atoms with Crippen LogP contribution < -0.4 is 9.47 Å². The van der Waals surface area contributed by atoms with Crippen molar-refractivity contribution in [1.82, 2.24) is 0 Å². The highest BCUT2D eigenvalue weighted by molar-refractivity contribution is 6.02. The predicted molar refractivity (Wildman–Crippen MR) is 110 cm³/mol. The number of benzene rings is 2. The topological polar surface area (TPSA) is 83.6 Å². The molecule has 2 rings (SSSR count). The number of hydrogen-bond acceptors (Lipinski definition) is 6. The van der Waals surface area contributed by atoms with Crippen LogP contribution in [-0.2, 0) is 0 Å². The normalized spacial score (nSPS) is 12.5. The summed E-state index contributed by atoms with van der Waals surface area (Å²) in [5.41, 5.74) is 3.03. The Morgan fingerprint density at radius 3 is 1.25 bits per heavy atom. The second-order valence-corrected chi connectivity index (χ2v) is 7.03. The molecular formula is C22H28N2O4. The van der Waals surface area contributed by atoms with Gasteiger partial charge in [-0.25, -0.2) is 0 Å². The van der Waals surface area contributed by atoms with Gasteiger partial charge in [0.25, 0.3) is 0 Å². The van der Waals surface area contributed by atoms with Crippen molar-refractivity contribution >= 4 is 11.4 Å². The Morgan fingerprint density at radius 2 is 1.00 bits per heavy atom. The minimum atomic E-state index is 0.136. The van der Waals surface area contributed by atoms with Crippen LogP contribution in [0.4, 0.5) is 0 Å². The molecule has 28 heavy (non-hydrogen) atoms. The zero-order chi connectivity index (χ0) is 20.5. The molecule has 0 fully saturated rings. The molecule has 0 radical (unpaired) electrons. The van der Waals surface area contributed by atoms with Gasteiger partial charge in [0, 0.05) is 0 Å². The first kappa shape index (κ1) is 21.3. The first-order valence-electron chi connectivity index (χ1n) is 9.36. The number of nitrogens with zero attached hydrogens (tertiary/aromatic N) is 2. The van der Waals surface area contributed by atoms with Crippen molar-refractivity contribution in [3.05, 3.63) is 59.7 Å². The van der Waals surface area contributed by atoms with Crippen LogP contribution in [0.3, 0.4) is 0 Å². The molecule has 2 N–H and O–H groups in total. The smallest absolute Gasteiger partial charge is 0.122 e. The quantitative estimate of drug-likeness (QED) is 0.281. The van der Waals surface area contributed by atoms with Crippen LogP contribution in [0, 0.1) is 11.8 Å². The summed E-state index contributed by atoms with van der Waals surface area (Å²) in [6.07, 6.45) is 0. The largest absolute Gasteiger partial charge is 0.490 e. The molecule has 6 nitrogen and oxygen atoms in total. The predicted octanol–water partition coefficient (Wildman–Crippen LogP) is 4.81. The van der Waals surface area contributed by atoms with Gasteiger partial charge >= 0.3 is 0 Å². The van der Waals surface area contributed by atoms with E-state index in [0.717, 1.165) is 22.6 Å². The minimum absolute atomic E-state index is 0.136. The lowest BCUT2D eigenvalue weighted by atomic mass is 10.0. The first-order valence-corrected chi connectivity index (χ1v) is 9.36. The van der Waals surface area contributed by atoms with Crippen molar-refractivity contribution in [2.45, 2.75) is 27.7 Å². The number of hydrogen-bond donors (Lipinski definition) is 2. The SMILES string of the molecule is CC(C)/C(=N/O)c1ccc(OCCOc2ccc(/C(=N\O)C(C)C)cc2)cc1. The molecule has 0 atom stereocenters. The molecule has 0 spiro atoms. The third-order valence-electron chi connectivity index (χ3n) is 4.23. The minimum Gasteiger partial charge on any atom is -0.490 e. The maximum Gasteiger partial charge on any atom is 0.122 e. The zero-order valence-electron chi connectivity index (χ0n) is 16.8. The van der Waals surface area contributed by atoms with E-state index in [1.54, 1.807) is 0 Å². The maximum absolute atomic E-state index is 9.11. The molecule has 0 amide bonds. The van der Waals surface area contributed by atoms with E-state index >= 15 is 0 Å². The van der Waals surface area contributed by atoms with Gasteiger partial charge < -0.3 is 19.9 Å². The van der Waals surface area contributed by atoms with Gasteiger partial charge in [-0.2, -0.15) is 0 Å². The Kier molecular flexibility index (Phi) is 7.87. The van der Waals surface area contributed by atoms with Gasteiger partial charge in [-0.3, -0.25) is 0 Å². The van der Waals surface area contributed by atoms with Crippen LogP contribution in [0.25, 0.3) is 0 Å². The van der Waals surface area contributed by atoms with E-state index in [4.69, 9.17) is 19.9 Å². The second-order valence-electron chi connectivity index (χ2n) is 7.03. The molecule has 6 heteroatoms. The first-order chi connectivity index (χ1) is 13.5. The standard InChI is InChI=1S/C22H28N2O4/c1-15(2)21(23-25)17-5-9-19(10-6-17)27-13-14-28-20-11-7-18(8-12-20)22(24-26)16(3)4/h5-12,15-16,25-26H,13-14H2,1-4H3/b23-21-,24-22-. The zero-order valence-corrected chi connectivity index (χ0v) is 16.8. The third-order valence-corrected chi connectivity index (χ3v) is 4.23. The van der Waals surface area contributed by atoms with Crippen LogP contribution in [-0.4, -0.2) is 35.1 Å². The van der Waals surface area contributed by atoms with E-state index in [-0.39, 0.29) is 11.8 Å². The number of oxime groups is 2. The number of ether oxygens (including phenoxy) is 2. The summed E-state index contributed by atoms with van der Waals surface area (Å²) in [6, 6.07) is 14.9. The van der Waals surface area contributed by atoms with Crippen LogP contribution in [0.2, 0.25) is 0 Å². The summed E-state index contributed by atoms with van der Waals surface area (Å²) >= 11 is 0. The Morgan fingerprint density at radius 1 is 0.679 bits per heavy atom. The highest BCUT2D eigenvalue weighted by Gasteiger charge is 2.10. The van der Waals surface area contributed by atoms with Gasteiger partial charge in [-0.05, 0) is 71.5 Å². The third kappa shape index (κ3) is 5.74. The van der Waals surface area contributed by atoms with Crippen molar-refractivity contribution in [2.24, 2.45) is 22.1 Å². The molecule has 0 aromatic heterocycles. The van der Waals surface area contributed by atoms with Gasteiger partial charge in [0.1, 0.15) is 24.7 Å². The summed E-state index contributed by atoms with van der Waals surface area (Å²) < 4.78 is 11.4. The molecular weight excluding hydrogens is 356 g/mol. The summed E-state index contributed by atoms with van der Waals surface area (Å²) in [6.45, 7) is 8.71. The highest BCUT2D eigenvalue weighted by atomic mass is 16.5. The van der Waals surface area contributed by atoms with E-state index in [9.17, 15) is 0 Å². The Balaban J connectivity index is 1.83. The van der Waals surface area contributed by atoms with E-state index in [0.29, 0.717) is 24.6 Å². The summed E-state index contributed by atoms with van der Waals surface area (Å²) in [5.74, 6) is 1.72. The molecule has 0 unspecified atom stereocenters. The molecule has 0 aliphatic rings. The van der Waals surface area contributed by atoms with E-state index in [1.807, 2.05) is 76.2 Å². The molecule has 0 heterocycles. The lowest BCUT2D eigenvalue weighted by molar-refractivity contribution is 0.217. The molecule has 2 aromatic rings. The number of rotatable bonds is 9. The Hall–Kier alpha value is -3.02. The molecule has 0 bridgehead atoms. The molecule has 0 aliphatic heterocycles.